The summed E-state index contributed by atoms with van der Waals surface area (Å²) in [5.74, 6) is 1.03. The zero-order valence-corrected chi connectivity index (χ0v) is 12.8. The van der Waals surface area contributed by atoms with Crippen molar-refractivity contribution >= 4 is 10.9 Å². The minimum atomic E-state index is 0.755. The van der Waals surface area contributed by atoms with E-state index in [1.807, 2.05) is 6.07 Å². The first-order chi connectivity index (χ1) is 10.8. The van der Waals surface area contributed by atoms with Gasteiger partial charge in [-0.25, -0.2) is 0 Å². The van der Waals surface area contributed by atoms with Gasteiger partial charge in [-0.3, -0.25) is 4.90 Å². The average molecular weight is 292 g/mol. The molecule has 0 N–H and O–H groups in total. The number of ether oxygens (including phenoxy) is 1. The SMILES string of the molecule is Cn1ccc2cc(CN3CCOc4ccccc4C3)ccc21. The Kier molecular flexibility index (Phi) is 3.35. The summed E-state index contributed by atoms with van der Waals surface area (Å²) in [5, 5.41) is 1.31. The highest BCUT2D eigenvalue weighted by molar-refractivity contribution is 5.80. The lowest BCUT2D eigenvalue weighted by molar-refractivity contribution is 0.219. The second-order valence-electron chi connectivity index (χ2n) is 5.99. The van der Waals surface area contributed by atoms with E-state index in [1.165, 1.54) is 22.0 Å². The van der Waals surface area contributed by atoms with E-state index in [0.717, 1.165) is 32.0 Å². The molecule has 0 aliphatic carbocycles. The summed E-state index contributed by atoms with van der Waals surface area (Å²) in [6, 6.07) is 17.3. The lowest BCUT2D eigenvalue weighted by Crippen LogP contribution is -2.25. The predicted octanol–water partition coefficient (Wildman–Crippen LogP) is 3.57. The number of hydrogen-bond donors (Lipinski definition) is 0. The lowest BCUT2D eigenvalue weighted by atomic mass is 10.1. The maximum absolute atomic E-state index is 5.84. The molecule has 3 nitrogen and oxygen atoms in total. The predicted molar refractivity (Wildman–Crippen MR) is 89.0 cm³/mol. The normalized spacial score (nSPS) is 15.3. The summed E-state index contributed by atoms with van der Waals surface area (Å²) < 4.78 is 8.01. The number of rotatable bonds is 2. The van der Waals surface area contributed by atoms with Crippen LogP contribution in [0.1, 0.15) is 11.1 Å². The molecule has 0 fully saturated rings. The fourth-order valence-electron chi connectivity index (χ4n) is 3.20. The van der Waals surface area contributed by atoms with Crippen molar-refractivity contribution in [2.45, 2.75) is 13.1 Å². The fourth-order valence-corrected chi connectivity index (χ4v) is 3.20. The van der Waals surface area contributed by atoms with Gasteiger partial charge in [-0.15, -0.1) is 0 Å². The lowest BCUT2D eigenvalue weighted by Gasteiger charge is -2.19. The minimum Gasteiger partial charge on any atom is -0.492 e. The molecule has 1 aliphatic heterocycles. The van der Waals surface area contributed by atoms with Crippen LogP contribution in [-0.2, 0) is 20.1 Å². The number of fused-ring (bicyclic) bond motifs is 2. The van der Waals surface area contributed by atoms with Crippen molar-refractivity contribution < 1.29 is 4.74 Å². The van der Waals surface area contributed by atoms with Crippen LogP contribution in [0.25, 0.3) is 10.9 Å². The Morgan fingerprint density at radius 1 is 1.09 bits per heavy atom. The van der Waals surface area contributed by atoms with E-state index in [4.69, 9.17) is 4.74 Å². The number of hydrogen-bond acceptors (Lipinski definition) is 2. The fraction of sp³-hybridized carbons (Fsp3) is 0.263. The molecule has 0 bridgehead atoms. The molecule has 2 aromatic carbocycles. The first kappa shape index (κ1) is 13.4. The minimum absolute atomic E-state index is 0.755. The van der Waals surface area contributed by atoms with Crippen LogP contribution in [0.15, 0.2) is 54.7 Å². The molecule has 1 aromatic heterocycles. The smallest absolute Gasteiger partial charge is 0.123 e. The first-order valence-corrected chi connectivity index (χ1v) is 7.77. The quantitative estimate of drug-likeness (QED) is 0.718. The highest BCUT2D eigenvalue weighted by Gasteiger charge is 2.15. The Hall–Kier alpha value is -2.26. The second kappa shape index (κ2) is 5.50. The van der Waals surface area contributed by atoms with Gasteiger partial charge in [-0.2, -0.15) is 0 Å². The van der Waals surface area contributed by atoms with E-state index in [-0.39, 0.29) is 0 Å². The van der Waals surface area contributed by atoms with Crippen molar-refractivity contribution in [1.29, 1.82) is 0 Å². The van der Waals surface area contributed by atoms with E-state index in [1.54, 1.807) is 0 Å². The number of aryl methyl sites for hydroxylation is 1. The van der Waals surface area contributed by atoms with Crippen molar-refractivity contribution in [3.05, 3.63) is 65.9 Å². The molecule has 0 atom stereocenters. The largest absolute Gasteiger partial charge is 0.492 e. The molecule has 0 unspecified atom stereocenters. The van der Waals surface area contributed by atoms with Crippen LogP contribution in [0, 0.1) is 0 Å². The van der Waals surface area contributed by atoms with Gasteiger partial charge in [-0.05, 0) is 35.2 Å². The summed E-state index contributed by atoms with van der Waals surface area (Å²) in [4.78, 5) is 2.45. The zero-order valence-electron chi connectivity index (χ0n) is 12.8. The molecular weight excluding hydrogens is 272 g/mol. The third-order valence-corrected chi connectivity index (χ3v) is 4.39. The zero-order chi connectivity index (χ0) is 14.9. The van der Waals surface area contributed by atoms with Gasteiger partial charge in [0.15, 0.2) is 0 Å². The van der Waals surface area contributed by atoms with Crippen molar-refractivity contribution in [1.82, 2.24) is 9.47 Å². The molecule has 112 valence electrons. The standard InChI is InChI=1S/C19H20N2O/c1-20-9-8-16-12-15(6-7-18(16)20)13-21-10-11-22-19-5-3-2-4-17(19)14-21/h2-9,12H,10-11,13-14H2,1H3. The van der Waals surface area contributed by atoms with Gasteiger partial charge in [0.1, 0.15) is 12.4 Å². The summed E-state index contributed by atoms with van der Waals surface area (Å²) in [6.07, 6.45) is 2.12. The third kappa shape index (κ3) is 2.48. The van der Waals surface area contributed by atoms with E-state index in [2.05, 4.69) is 65.2 Å². The van der Waals surface area contributed by atoms with E-state index >= 15 is 0 Å². The first-order valence-electron chi connectivity index (χ1n) is 7.77. The molecule has 0 spiro atoms. The molecular formula is C19H20N2O. The van der Waals surface area contributed by atoms with E-state index in [0.29, 0.717) is 0 Å². The number of aromatic nitrogens is 1. The van der Waals surface area contributed by atoms with Crippen molar-refractivity contribution in [2.24, 2.45) is 7.05 Å². The van der Waals surface area contributed by atoms with Crippen LogP contribution in [0.2, 0.25) is 0 Å². The Balaban J connectivity index is 1.57. The van der Waals surface area contributed by atoms with Gasteiger partial charge in [0, 0.05) is 44.0 Å². The molecule has 2 heterocycles. The van der Waals surface area contributed by atoms with E-state index in [9.17, 15) is 0 Å². The van der Waals surface area contributed by atoms with Crippen LogP contribution in [0.3, 0.4) is 0 Å². The molecule has 4 rings (SSSR count). The van der Waals surface area contributed by atoms with Crippen LogP contribution in [0.4, 0.5) is 0 Å². The van der Waals surface area contributed by atoms with Gasteiger partial charge < -0.3 is 9.30 Å². The highest BCUT2D eigenvalue weighted by atomic mass is 16.5. The van der Waals surface area contributed by atoms with Crippen molar-refractivity contribution in [2.75, 3.05) is 13.2 Å². The van der Waals surface area contributed by atoms with Gasteiger partial charge in [0.2, 0.25) is 0 Å². The number of para-hydroxylation sites is 1. The van der Waals surface area contributed by atoms with Crippen LogP contribution in [-0.4, -0.2) is 22.6 Å². The van der Waals surface area contributed by atoms with Gasteiger partial charge >= 0.3 is 0 Å². The average Bonchev–Trinajstić information content (AvgIpc) is 2.78. The third-order valence-electron chi connectivity index (χ3n) is 4.39. The maximum Gasteiger partial charge on any atom is 0.123 e. The molecule has 1 aliphatic rings. The van der Waals surface area contributed by atoms with Crippen LogP contribution < -0.4 is 4.74 Å². The van der Waals surface area contributed by atoms with Gasteiger partial charge in [0.25, 0.3) is 0 Å². The molecule has 0 saturated carbocycles. The van der Waals surface area contributed by atoms with Crippen molar-refractivity contribution in [3.8, 4) is 5.75 Å². The number of benzene rings is 2. The Morgan fingerprint density at radius 3 is 2.95 bits per heavy atom. The van der Waals surface area contributed by atoms with Crippen LogP contribution >= 0.6 is 0 Å². The summed E-state index contributed by atoms with van der Waals surface area (Å²) >= 11 is 0. The monoisotopic (exact) mass is 292 g/mol. The summed E-state index contributed by atoms with van der Waals surface area (Å²) in [5.41, 5.74) is 3.92. The van der Waals surface area contributed by atoms with Gasteiger partial charge in [0.05, 0.1) is 0 Å². The highest BCUT2D eigenvalue weighted by Crippen LogP contribution is 2.24. The Morgan fingerprint density at radius 2 is 2.00 bits per heavy atom. The molecule has 0 saturated heterocycles. The number of nitrogens with zero attached hydrogens (tertiary/aromatic N) is 2. The summed E-state index contributed by atoms with van der Waals surface area (Å²) in [7, 11) is 2.09. The Bertz CT molecular complexity index is 806. The molecule has 3 heteroatoms. The maximum atomic E-state index is 5.84. The van der Waals surface area contributed by atoms with E-state index < -0.39 is 0 Å². The second-order valence-corrected chi connectivity index (χ2v) is 5.99. The molecule has 0 amide bonds. The van der Waals surface area contributed by atoms with Crippen molar-refractivity contribution in [3.63, 3.8) is 0 Å². The molecule has 22 heavy (non-hydrogen) atoms. The van der Waals surface area contributed by atoms with Crippen LogP contribution in [0.5, 0.6) is 5.75 Å². The Labute approximate surface area is 130 Å². The summed E-state index contributed by atoms with van der Waals surface area (Å²) in [6.45, 7) is 3.62. The molecule has 3 aromatic rings. The van der Waals surface area contributed by atoms with Gasteiger partial charge in [-0.1, -0.05) is 24.3 Å². The molecule has 0 radical (unpaired) electrons. The topological polar surface area (TPSA) is 17.4 Å².